The van der Waals surface area contributed by atoms with Crippen LogP contribution in [-0.4, -0.2) is 21.7 Å². The van der Waals surface area contributed by atoms with Gasteiger partial charge in [-0.2, -0.15) is 0 Å². The molecular weight excluding hydrogens is 420 g/mol. The van der Waals surface area contributed by atoms with Crippen molar-refractivity contribution in [3.8, 4) is 0 Å². The Bertz CT molecular complexity index is 1290. The largest absolute Gasteiger partial charge is 0.503 e. The van der Waals surface area contributed by atoms with Crippen molar-refractivity contribution < 1.29 is 19.6 Å². The van der Waals surface area contributed by atoms with Crippen LogP contribution in [0.5, 0.6) is 0 Å². The van der Waals surface area contributed by atoms with Crippen molar-refractivity contribution in [2.45, 2.75) is 13.0 Å². The fourth-order valence-corrected chi connectivity index (χ4v) is 3.86. The first-order valence-electron chi connectivity index (χ1n) is 10.2. The van der Waals surface area contributed by atoms with Crippen LogP contribution in [-0.2, 0) is 9.59 Å². The van der Waals surface area contributed by atoms with E-state index in [0.29, 0.717) is 11.3 Å². The normalized spacial score (nSPS) is 16.0. The first-order chi connectivity index (χ1) is 15.9. The highest BCUT2D eigenvalue weighted by atomic mass is 16.6. The van der Waals surface area contributed by atoms with Gasteiger partial charge in [-0.05, 0) is 47.9 Å². The van der Waals surface area contributed by atoms with E-state index in [1.54, 1.807) is 18.2 Å². The van der Waals surface area contributed by atoms with Gasteiger partial charge in [0.2, 0.25) is 0 Å². The van der Waals surface area contributed by atoms with Crippen LogP contribution >= 0.6 is 0 Å². The maximum Gasteiger partial charge on any atom is 0.294 e. The number of non-ortho nitro benzene ring substituents is 1. The van der Waals surface area contributed by atoms with Crippen LogP contribution in [0.2, 0.25) is 0 Å². The fraction of sp³-hybridized carbons (Fsp3) is 0.0769. The third kappa shape index (κ3) is 4.16. The van der Waals surface area contributed by atoms with E-state index in [9.17, 15) is 24.8 Å². The molecule has 0 spiro atoms. The van der Waals surface area contributed by atoms with Gasteiger partial charge >= 0.3 is 0 Å². The molecule has 1 N–H and O–H groups in total. The van der Waals surface area contributed by atoms with Gasteiger partial charge in [-0.3, -0.25) is 24.6 Å². The van der Waals surface area contributed by atoms with Crippen molar-refractivity contribution in [1.29, 1.82) is 0 Å². The Morgan fingerprint density at radius 3 is 2.27 bits per heavy atom. The smallest absolute Gasteiger partial charge is 0.294 e. The Labute approximate surface area is 190 Å². The summed E-state index contributed by atoms with van der Waals surface area (Å²) in [5.41, 5.74) is 2.38. The lowest BCUT2D eigenvalue weighted by atomic mass is 9.94. The lowest BCUT2D eigenvalue weighted by molar-refractivity contribution is -0.384. The highest BCUT2D eigenvalue weighted by Crippen LogP contribution is 2.42. The molecule has 0 fully saturated rings. The summed E-state index contributed by atoms with van der Waals surface area (Å²) in [6, 6.07) is 21.0. The minimum absolute atomic E-state index is 0.0794. The monoisotopic (exact) mass is 440 g/mol. The van der Waals surface area contributed by atoms with E-state index < -0.39 is 28.4 Å². The second kappa shape index (κ2) is 8.92. The topological polar surface area (TPSA) is 101 Å². The summed E-state index contributed by atoms with van der Waals surface area (Å²) >= 11 is 0. The maximum absolute atomic E-state index is 13.2. The number of para-hydroxylation sites is 1. The summed E-state index contributed by atoms with van der Waals surface area (Å²) in [4.78, 5) is 38.3. The summed E-state index contributed by atoms with van der Waals surface area (Å²) in [6.45, 7) is 1.82. The van der Waals surface area contributed by atoms with Gasteiger partial charge < -0.3 is 5.11 Å². The van der Waals surface area contributed by atoms with Gasteiger partial charge in [-0.1, -0.05) is 54.6 Å². The van der Waals surface area contributed by atoms with Crippen molar-refractivity contribution in [2.24, 2.45) is 0 Å². The van der Waals surface area contributed by atoms with E-state index in [1.807, 2.05) is 49.4 Å². The Balaban J connectivity index is 1.81. The number of benzene rings is 3. The zero-order valence-electron chi connectivity index (χ0n) is 17.7. The molecule has 1 amide bonds. The molecule has 1 unspecified atom stereocenters. The van der Waals surface area contributed by atoms with Gasteiger partial charge in [0.05, 0.1) is 16.5 Å². The number of nitro groups is 1. The molecule has 0 aliphatic carbocycles. The predicted molar refractivity (Wildman–Crippen MR) is 125 cm³/mol. The van der Waals surface area contributed by atoms with Gasteiger partial charge in [-0.25, -0.2) is 0 Å². The molecule has 0 saturated heterocycles. The number of aliphatic hydroxyl groups excluding tert-OH is 1. The van der Waals surface area contributed by atoms with E-state index in [4.69, 9.17) is 0 Å². The summed E-state index contributed by atoms with van der Waals surface area (Å²) < 4.78 is 0. The van der Waals surface area contributed by atoms with Crippen LogP contribution in [0.25, 0.3) is 6.08 Å². The lowest BCUT2D eigenvalue weighted by Gasteiger charge is -2.28. The molecule has 7 nitrogen and oxygen atoms in total. The molecule has 0 radical (unpaired) electrons. The molecule has 1 aliphatic rings. The molecule has 1 atom stereocenters. The first-order valence-corrected chi connectivity index (χ1v) is 10.2. The number of ketones is 1. The van der Waals surface area contributed by atoms with Gasteiger partial charge in [0.25, 0.3) is 11.6 Å². The van der Waals surface area contributed by atoms with Crippen molar-refractivity contribution in [1.82, 2.24) is 0 Å². The average Bonchev–Trinajstić information content (AvgIpc) is 3.09. The van der Waals surface area contributed by atoms with Crippen LogP contribution in [0, 0.1) is 17.0 Å². The third-order valence-electron chi connectivity index (χ3n) is 5.49. The molecule has 0 saturated carbocycles. The highest BCUT2D eigenvalue weighted by molar-refractivity contribution is 6.20. The molecule has 0 bridgehead atoms. The molecule has 164 valence electrons. The summed E-state index contributed by atoms with van der Waals surface area (Å²) in [6.07, 6.45) is 2.92. The lowest BCUT2D eigenvalue weighted by Crippen LogP contribution is -2.31. The number of allylic oxidation sites excluding steroid dienone is 1. The van der Waals surface area contributed by atoms with E-state index in [1.165, 1.54) is 35.2 Å². The minimum atomic E-state index is -0.938. The maximum atomic E-state index is 13.2. The van der Waals surface area contributed by atoms with Crippen molar-refractivity contribution in [3.63, 3.8) is 0 Å². The molecule has 1 heterocycles. The zero-order chi connectivity index (χ0) is 23.5. The predicted octanol–water partition coefficient (Wildman–Crippen LogP) is 5.09. The molecule has 1 aliphatic heterocycles. The summed E-state index contributed by atoms with van der Waals surface area (Å²) in [7, 11) is 0. The van der Waals surface area contributed by atoms with Gasteiger partial charge in [0, 0.05) is 17.8 Å². The third-order valence-corrected chi connectivity index (χ3v) is 5.49. The number of aliphatic hydroxyl groups is 1. The molecule has 3 aromatic rings. The molecule has 7 heteroatoms. The molecule has 33 heavy (non-hydrogen) atoms. The van der Waals surface area contributed by atoms with Gasteiger partial charge in [0.1, 0.15) is 0 Å². The zero-order valence-corrected chi connectivity index (χ0v) is 17.7. The van der Waals surface area contributed by atoms with Crippen LogP contribution in [0.1, 0.15) is 22.7 Å². The van der Waals surface area contributed by atoms with Crippen molar-refractivity contribution in [3.05, 3.63) is 123 Å². The number of amides is 1. The molecule has 4 rings (SSSR count). The number of rotatable bonds is 6. The van der Waals surface area contributed by atoms with Crippen LogP contribution in [0.15, 0.2) is 96.3 Å². The van der Waals surface area contributed by atoms with E-state index in [-0.39, 0.29) is 11.3 Å². The Hall–Kier alpha value is -4.52. The van der Waals surface area contributed by atoms with E-state index >= 15 is 0 Å². The Kier molecular flexibility index (Phi) is 5.87. The standard InChI is InChI=1S/C26H20N2O5/c1-17-7-5-6-10-21(17)27-24(19-12-14-20(15-13-19)28(32)33)23(25(30)26(27)31)22(29)16-11-18-8-3-2-4-9-18/h2-16,24,30H,1H3. The van der Waals surface area contributed by atoms with Gasteiger partial charge in [0.15, 0.2) is 11.5 Å². The number of hydrogen-bond acceptors (Lipinski definition) is 5. The quantitative estimate of drug-likeness (QED) is 0.327. The average molecular weight is 440 g/mol. The molecule has 0 aromatic heterocycles. The number of nitro benzene ring substituents is 1. The number of aryl methyl sites for hydroxylation is 1. The summed E-state index contributed by atoms with van der Waals surface area (Å²) in [5, 5.41) is 21.8. The second-order valence-corrected chi connectivity index (χ2v) is 7.58. The van der Waals surface area contributed by atoms with E-state index in [0.717, 1.165) is 11.1 Å². The Morgan fingerprint density at radius 2 is 1.64 bits per heavy atom. The number of hydrogen-bond donors (Lipinski definition) is 1. The number of nitrogens with zero attached hydrogens (tertiary/aromatic N) is 2. The second-order valence-electron chi connectivity index (χ2n) is 7.58. The van der Waals surface area contributed by atoms with Crippen LogP contribution in [0.3, 0.4) is 0 Å². The Morgan fingerprint density at radius 1 is 1.00 bits per heavy atom. The van der Waals surface area contributed by atoms with Crippen molar-refractivity contribution in [2.75, 3.05) is 4.90 Å². The fourth-order valence-electron chi connectivity index (χ4n) is 3.86. The number of carbonyl (C=O) groups excluding carboxylic acids is 2. The summed E-state index contributed by atoms with van der Waals surface area (Å²) in [5.74, 6) is -1.86. The van der Waals surface area contributed by atoms with E-state index in [2.05, 4.69) is 0 Å². The van der Waals surface area contributed by atoms with Crippen LogP contribution in [0.4, 0.5) is 11.4 Å². The van der Waals surface area contributed by atoms with Crippen molar-refractivity contribution >= 4 is 29.1 Å². The van der Waals surface area contributed by atoms with Crippen LogP contribution < -0.4 is 4.90 Å². The minimum Gasteiger partial charge on any atom is -0.503 e. The number of carbonyl (C=O) groups is 2. The molecule has 3 aromatic carbocycles. The highest BCUT2D eigenvalue weighted by Gasteiger charge is 2.44. The first kappa shape index (κ1) is 21.7. The number of anilines is 1. The molecular formula is C26H20N2O5. The van der Waals surface area contributed by atoms with Gasteiger partial charge in [-0.15, -0.1) is 0 Å². The SMILES string of the molecule is Cc1ccccc1N1C(=O)C(O)=C(C(=O)C=Cc2ccccc2)C1c1ccc([N+](=O)[O-])cc1.